The van der Waals surface area contributed by atoms with Crippen molar-refractivity contribution in [3.8, 4) is 16.9 Å². The monoisotopic (exact) mass is 463 g/mol. The molecule has 0 radical (unpaired) electrons. The number of pyridine rings is 1. The number of nitrogens with two attached hydrogens (primary N) is 1. The molecule has 4 aromatic rings. The van der Waals surface area contributed by atoms with Gasteiger partial charge in [0.1, 0.15) is 15.5 Å². The molecule has 5 rings (SSSR count). The van der Waals surface area contributed by atoms with Crippen molar-refractivity contribution in [2.24, 2.45) is 0 Å². The van der Waals surface area contributed by atoms with Crippen LogP contribution in [-0.2, 0) is 13.0 Å². The second-order valence-electron chi connectivity index (χ2n) is 7.96. The van der Waals surface area contributed by atoms with Gasteiger partial charge in [0.15, 0.2) is 0 Å². The van der Waals surface area contributed by atoms with Crippen molar-refractivity contribution in [1.29, 1.82) is 0 Å². The van der Waals surface area contributed by atoms with Gasteiger partial charge in [-0.15, -0.1) is 11.3 Å². The molecule has 0 bridgehead atoms. The summed E-state index contributed by atoms with van der Waals surface area (Å²) in [6.45, 7) is 1.70. The zero-order valence-corrected chi connectivity index (χ0v) is 19.4. The van der Waals surface area contributed by atoms with Gasteiger partial charge in [0, 0.05) is 52.3 Å². The van der Waals surface area contributed by atoms with Crippen LogP contribution in [0.5, 0.6) is 5.75 Å². The summed E-state index contributed by atoms with van der Waals surface area (Å²) >= 11 is 7.35. The summed E-state index contributed by atoms with van der Waals surface area (Å²) in [5.74, 6) is 0.648. The number of ether oxygens (including phenoxy) is 1. The van der Waals surface area contributed by atoms with Gasteiger partial charge in [0.2, 0.25) is 5.78 Å². The Hall–Kier alpha value is -2.93. The number of nitrogen functional groups attached to an aromatic ring is 1. The first-order valence-corrected chi connectivity index (χ1v) is 11.5. The average Bonchev–Trinajstić information content (AvgIpc) is 3.13. The van der Waals surface area contributed by atoms with E-state index in [0.717, 1.165) is 57.9 Å². The summed E-state index contributed by atoms with van der Waals surface area (Å²) in [6, 6.07) is 14.8. The largest absolute Gasteiger partial charge is 0.496 e. The van der Waals surface area contributed by atoms with E-state index in [1.165, 1.54) is 11.3 Å². The summed E-state index contributed by atoms with van der Waals surface area (Å²) in [4.78, 5) is 21.8. The summed E-state index contributed by atoms with van der Waals surface area (Å²) in [5, 5.41) is 1.41. The Morgan fingerprint density at radius 3 is 2.69 bits per heavy atom. The molecule has 5 nitrogen and oxygen atoms in total. The van der Waals surface area contributed by atoms with Crippen LogP contribution in [-0.4, -0.2) is 36.4 Å². The fourth-order valence-electron chi connectivity index (χ4n) is 4.31. The molecule has 0 atom stereocenters. The maximum Gasteiger partial charge on any atom is 0.205 e. The number of aromatic nitrogens is 1. The summed E-state index contributed by atoms with van der Waals surface area (Å²) in [7, 11) is 3.77. The number of anilines is 1. The molecule has 162 valence electrons. The first-order valence-electron chi connectivity index (χ1n) is 10.3. The van der Waals surface area contributed by atoms with Crippen LogP contribution in [0.4, 0.5) is 5.69 Å². The zero-order valence-electron chi connectivity index (χ0n) is 17.8. The van der Waals surface area contributed by atoms with E-state index in [1.54, 1.807) is 31.4 Å². The van der Waals surface area contributed by atoms with E-state index in [0.29, 0.717) is 21.2 Å². The Morgan fingerprint density at radius 2 is 1.94 bits per heavy atom. The number of ketones is 1. The zero-order chi connectivity index (χ0) is 22.4. The van der Waals surface area contributed by atoms with Gasteiger partial charge in [0.25, 0.3) is 0 Å². The van der Waals surface area contributed by atoms with Crippen LogP contribution in [0.25, 0.3) is 21.3 Å². The smallest absolute Gasteiger partial charge is 0.205 e. The van der Waals surface area contributed by atoms with Crippen molar-refractivity contribution in [2.75, 3.05) is 26.4 Å². The lowest BCUT2D eigenvalue weighted by molar-refractivity contribution is 0.104. The van der Waals surface area contributed by atoms with Crippen molar-refractivity contribution in [1.82, 2.24) is 9.88 Å². The van der Waals surface area contributed by atoms with Gasteiger partial charge in [-0.2, -0.15) is 0 Å². The van der Waals surface area contributed by atoms with E-state index in [1.807, 2.05) is 24.3 Å². The van der Waals surface area contributed by atoms with Crippen LogP contribution in [0.3, 0.4) is 0 Å². The highest BCUT2D eigenvalue weighted by Crippen LogP contribution is 2.46. The predicted octanol–water partition coefficient (Wildman–Crippen LogP) is 5.43. The molecule has 1 aliphatic rings. The van der Waals surface area contributed by atoms with E-state index in [2.05, 4.69) is 11.9 Å². The minimum atomic E-state index is -0.122. The van der Waals surface area contributed by atoms with Gasteiger partial charge < -0.3 is 15.4 Å². The summed E-state index contributed by atoms with van der Waals surface area (Å²) < 4.78 is 5.69. The van der Waals surface area contributed by atoms with Gasteiger partial charge >= 0.3 is 0 Å². The van der Waals surface area contributed by atoms with Crippen LogP contribution in [0.15, 0.2) is 48.5 Å². The molecule has 2 aromatic carbocycles. The predicted molar refractivity (Wildman–Crippen MR) is 131 cm³/mol. The Kier molecular flexibility index (Phi) is 5.37. The van der Waals surface area contributed by atoms with E-state index >= 15 is 0 Å². The normalized spacial score (nSPS) is 13.8. The van der Waals surface area contributed by atoms with E-state index < -0.39 is 0 Å². The molecule has 0 unspecified atom stereocenters. The molecular formula is C25H22ClN3O2S. The van der Waals surface area contributed by atoms with Crippen molar-refractivity contribution in [3.63, 3.8) is 0 Å². The highest BCUT2D eigenvalue weighted by Gasteiger charge is 2.28. The fraction of sp³-hybridized carbons (Fsp3) is 0.200. The molecule has 2 N–H and O–H groups in total. The number of fused-ring (bicyclic) bond motifs is 2. The molecule has 0 aliphatic carbocycles. The van der Waals surface area contributed by atoms with Gasteiger partial charge in [0.05, 0.1) is 12.8 Å². The number of methoxy groups -OCH3 is 1. The molecule has 0 amide bonds. The third-order valence-corrected chi connectivity index (χ3v) is 7.26. The Labute approximate surface area is 195 Å². The highest BCUT2D eigenvalue weighted by atomic mass is 35.5. The molecule has 0 saturated heterocycles. The van der Waals surface area contributed by atoms with Crippen molar-refractivity contribution < 1.29 is 9.53 Å². The number of likely N-dealkylation sites (N-methyl/N-ethyl adjacent to an activating group) is 1. The van der Waals surface area contributed by atoms with E-state index in [-0.39, 0.29) is 5.78 Å². The summed E-state index contributed by atoms with van der Waals surface area (Å²) in [6.07, 6.45) is 0.849. The number of carbonyl (C=O) groups excluding carboxylic acids is 1. The van der Waals surface area contributed by atoms with Crippen LogP contribution in [0, 0.1) is 0 Å². The highest BCUT2D eigenvalue weighted by molar-refractivity contribution is 7.21. The maximum atomic E-state index is 13.3. The Balaban J connectivity index is 1.79. The number of hydrogen-bond acceptors (Lipinski definition) is 6. The van der Waals surface area contributed by atoms with Gasteiger partial charge in [-0.05, 0) is 42.9 Å². The topological polar surface area (TPSA) is 68.4 Å². The molecule has 0 spiro atoms. The SMILES string of the molecule is COc1ccccc1-c1c2c(nc3sc(C(=O)c4ccc(Cl)cc4)c(N)c13)CCN(C)C2. The lowest BCUT2D eigenvalue weighted by Gasteiger charge is -2.27. The summed E-state index contributed by atoms with van der Waals surface area (Å²) in [5.41, 5.74) is 11.9. The molecule has 1 aliphatic heterocycles. The average molecular weight is 464 g/mol. The minimum Gasteiger partial charge on any atom is -0.496 e. The molecule has 32 heavy (non-hydrogen) atoms. The maximum absolute atomic E-state index is 13.3. The standard InChI is InChI=1S/C25H22ClN3O2S/c1-29-12-11-18-17(13-29)20(16-5-3-4-6-19(16)31-2)21-22(27)24(32-25(21)28-18)23(30)14-7-9-15(26)10-8-14/h3-10H,11-13,27H2,1-2H3. The molecular weight excluding hydrogens is 442 g/mol. The molecule has 7 heteroatoms. The number of para-hydroxylation sites is 1. The quantitative estimate of drug-likeness (QED) is 0.409. The second kappa shape index (κ2) is 8.20. The van der Waals surface area contributed by atoms with Crippen molar-refractivity contribution in [2.45, 2.75) is 13.0 Å². The van der Waals surface area contributed by atoms with Crippen LogP contribution in [0.2, 0.25) is 5.02 Å². The third kappa shape index (κ3) is 3.45. The Bertz CT molecular complexity index is 1350. The molecule has 2 aromatic heterocycles. The molecule has 0 fully saturated rings. The number of thiophene rings is 1. The Morgan fingerprint density at radius 1 is 1.19 bits per heavy atom. The van der Waals surface area contributed by atoms with Gasteiger partial charge in [-0.3, -0.25) is 4.79 Å². The van der Waals surface area contributed by atoms with E-state index in [9.17, 15) is 4.79 Å². The number of hydrogen-bond donors (Lipinski definition) is 1. The van der Waals surface area contributed by atoms with Crippen LogP contribution in [0.1, 0.15) is 26.5 Å². The van der Waals surface area contributed by atoms with Crippen molar-refractivity contribution in [3.05, 3.63) is 75.3 Å². The van der Waals surface area contributed by atoms with Gasteiger partial charge in [-0.25, -0.2) is 4.98 Å². The van der Waals surface area contributed by atoms with Crippen LogP contribution >= 0.6 is 22.9 Å². The molecule has 0 saturated carbocycles. The number of benzene rings is 2. The second-order valence-corrected chi connectivity index (χ2v) is 9.40. The van der Waals surface area contributed by atoms with Crippen LogP contribution < -0.4 is 10.5 Å². The van der Waals surface area contributed by atoms with E-state index in [4.69, 9.17) is 27.1 Å². The number of nitrogens with zero attached hydrogens (tertiary/aromatic N) is 2. The lowest BCUT2D eigenvalue weighted by Crippen LogP contribution is -2.28. The molecule has 3 heterocycles. The van der Waals surface area contributed by atoms with Crippen molar-refractivity contribution >= 4 is 44.6 Å². The first-order chi connectivity index (χ1) is 15.5. The van der Waals surface area contributed by atoms with Gasteiger partial charge in [-0.1, -0.05) is 29.8 Å². The first kappa shape index (κ1) is 20.9. The lowest BCUT2D eigenvalue weighted by atomic mass is 9.91. The minimum absolute atomic E-state index is 0.122. The number of halogens is 1. The number of carbonyl (C=O) groups is 1. The fourth-order valence-corrected chi connectivity index (χ4v) is 5.52. The number of rotatable bonds is 4. The third-order valence-electron chi connectivity index (χ3n) is 5.91.